The Balaban J connectivity index is 1.98. The average molecular weight is 399 g/mol. The van der Waals surface area contributed by atoms with Crippen molar-refractivity contribution in [3.8, 4) is 0 Å². The second-order valence-corrected chi connectivity index (χ2v) is 6.87. The normalized spacial score (nSPS) is 11.2. The molecule has 0 saturated carbocycles. The number of benzene rings is 2. The molecule has 2 amide bonds. The van der Waals surface area contributed by atoms with Gasteiger partial charge in [0, 0.05) is 11.6 Å². The molecule has 0 unspecified atom stereocenters. The molecule has 8 heteroatoms. The maximum absolute atomic E-state index is 13.7. The molecule has 0 aliphatic rings. The molecule has 0 aliphatic carbocycles. The molecule has 0 aromatic heterocycles. The second kappa shape index (κ2) is 8.43. The molecule has 0 spiro atoms. The number of carbonyl (C=O) groups is 2. The van der Waals surface area contributed by atoms with Gasteiger partial charge in [0.05, 0.1) is 5.69 Å². The fraction of sp³-hybridized carbons (Fsp3) is 0.263. The molecule has 2 rings (SSSR count). The number of nitrogens with one attached hydrogen (secondary N) is 2. The first-order chi connectivity index (χ1) is 12.6. The third-order valence-electron chi connectivity index (χ3n) is 4.01. The van der Waals surface area contributed by atoms with Crippen LogP contribution in [0, 0.1) is 22.9 Å². The van der Waals surface area contributed by atoms with Crippen molar-refractivity contribution in [3.05, 3.63) is 64.4 Å². The smallest absolute Gasteiger partial charge is 0.239 e. The monoisotopic (exact) mass is 398 g/mol. The van der Waals surface area contributed by atoms with Crippen LogP contribution in [0.1, 0.15) is 19.4 Å². The van der Waals surface area contributed by atoms with Crippen molar-refractivity contribution in [3.63, 3.8) is 0 Å². The molecule has 4 nitrogen and oxygen atoms in total. The molecule has 0 saturated heterocycles. The summed E-state index contributed by atoms with van der Waals surface area (Å²) in [4.78, 5) is 24.7. The average Bonchev–Trinajstić information content (AvgIpc) is 2.62. The van der Waals surface area contributed by atoms with Gasteiger partial charge in [-0.1, -0.05) is 23.7 Å². The summed E-state index contributed by atoms with van der Waals surface area (Å²) in [6, 6.07) is 8.70. The van der Waals surface area contributed by atoms with Crippen molar-refractivity contribution in [2.45, 2.75) is 20.3 Å². The summed E-state index contributed by atoms with van der Waals surface area (Å²) in [5, 5.41) is 5.31. The number of carbonyl (C=O) groups excluding carboxylic acids is 2. The zero-order chi connectivity index (χ0) is 20.2. The number of anilines is 1. The summed E-state index contributed by atoms with van der Waals surface area (Å²) < 4.78 is 39.9. The fourth-order valence-corrected chi connectivity index (χ4v) is 2.45. The third kappa shape index (κ3) is 5.01. The lowest BCUT2D eigenvalue weighted by Crippen LogP contribution is -2.45. The first kappa shape index (κ1) is 20.8. The molecule has 27 heavy (non-hydrogen) atoms. The van der Waals surface area contributed by atoms with Gasteiger partial charge in [-0.3, -0.25) is 9.59 Å². The van der Waals surface area contributed by atoms with E-state index in [9.17, 15) is 22.8 Å². The summed E-state index contributed by atoms with van der Waals surface area (Å²) in [6.45, 7) is 2.94. The molecule has 0 aliphatic heterocycles. The molecular formula is C19H18ClF3N2O2. The molecule has 0 bridgehead atoms. The minimum Gasteiger partial charge on any atom is -0.355 e. The van der Waals surface area contributed by atoms with Crippen LogP contribution in [-0.2, 0) is 16.0 Å². The van der Waals surface area contributed by atoms with Crippen LogP contribution in [0.5, 0.6) is 0 Å². The lowest BCUT2D eigenvalue weighted by atomic mass is 9.90. The minimum atomic E-state index is -1.70. The SMILES string of the molecule is CC(C)(C(=O)NCCc1cccc(Cl)c1)C(=O)Nc1ccc(F)c(F)c1F. The predicted molar refractivity (Wildman–Crippen MR) is 96.9 cm³/mol. The van der Waals surface area contributed by atoms with Gasteiger partial charge in [-0.2, -0.15) is 0 Å². The summed E-state index contributed by atoms with van der Waals surface area (Å²) >= 11 is 5.89. The Labute approximate surface area is 159 Å². The van der Waals surface area contributed by atoms with E-state index in [4.69, 9.17) is 11.6 Å². The Morgan fingerprint density at radius 1 is 1.04 bits per heavy atom. The van der Waals surface area contributed by atoms with Gasteiger partial charge in [0.1, 0.15) is 5.41 Å². The van der Waals surface area contributed by atoms with Crippen molar-refractivity contribution in [1.29, 1.82) is 0 Å². The van der Waals surface area contributed by atoms with E-state index < -0.39 is 40.4 Å². The number of halogens is 4. The van der Waals surface area contributed by atoms with Crippen molar-refractivity contribution in [1.82, 2.24) is 5.32 Å². The van der Waals surface area contributed by atoms with Crippen LogP contribution in [0.4, 0.5) is 18.9 Å². The summed E-state index contributed by atoms with van der Waals surface area (Å²) in [5.74, 6) is -6.04. The van der Waals surface area contributed by atoms with E-state index in [0.29, 0.717) is 17.5 Å². The highest BCUT2D eigenvalue weighted by molar-refractivity contribution is 6.30. The summed E-state index contributed by atoms with van der Waals surface area (Å²) in [7, 11) is 0. The highest BCUT2D eigenvalue weighted by atomic mass is 35.5. The Morgan fingerprint density at radius 2 is 1.74 bits per heavy atom. The molecular weight excluding hydrogens is 381 g/mol. The predicted octanol–water partition coefficient (Wildman–Crippen LogP) is 4.08. The van der Waals surface area contributed by atoms with Gasteiger partial charge in [-0.25, -0.2) is 13.2 Å². The lowest BCUT2D eigenvalue weighted by Gasteiger charge is -2.23. The van der Waals surface area contributed by atoms with Gasteiger partial charge in [0.2, 0.25) is 11.8 Å². The Morgan fingerprint density at radius 3 is 2.41 bits per heavy atom. The molecule has 144 valence electrons. The minimum absolute atomic E-state index is 0.259. The molecule has 2 N–H and O–H groups in total. The maximum Gasteiger partial charge on any atom is 0.239 e. The van der Waals surface area contributed by atoms with Gasteiger partial charge >= 0.3 is 0 Å². The number of hydrogen-bond donors (Lipinski definition) is 2. The molecule has 0 radical (unpaired) electrons. The second-order valence-electron chi connectivity index (χ2n) is 6.44. The van der Waals surface area contributed by atoms with Crippen LogP contribution >= 0.6 is 11.6 Å². The van der Waals surface area contributed by atoms with E-state index in [-0.39, 0.29) is 6.54 Å². The number of hydrogen-bond acceptors (Lipinski definition) is 2. The van der Waals surface area contributed by atoms with E-state index in [1.165, 1.54) is 13.8 Å². The van der Waals surface area contributed by atoms with Crippen LogP contribution < -0.4 is 10.6 Å². The quantitative estimate of drug-likeness (QED) is 0.569. The zero-order valence-electron chi connectivity index (χ0n) is 14.7. The summed E-state index contributed by atoms with van der Waals surface area (Å²) in [6.07, 6.45) is 0.502. The third-order valence-corrected chi connectivity index (χ3v) is 4.24. The standard InChI is InChI=1S/C19H18ClF3N2O2/c1-19(2,17(26)24-9-8-11-4-3-5-12(20)10-11)18(27)25-14-7-6-13(21)15(22)16(14)23/h3-7,10H,8-9H2,1-2H3,(H,24,26)(H,25,27). The van der Waals surface area contributed by atoms with Crippen LogP contribution in [-0.4, -0.2) is 18.4 Å². The highest BCUT2D eigenvalue weighted by Gasteiger charge is 2.36. The van der Waals surface area contributed by atoms with E-state index in [2.05, 4.69) is 10.6 Å². The lowest BCUT2D eigenvalue weighted by molar-refractivity contribution is -0.138. The fourth-order valence-electron chi connectivity index (χ4n) is 2.24. The zero-order valence-corrected chi connectivity index (χ0v) is 15.5. The van der Waals surface area contributed by atoms with Crippen molar-refractivity contribution < 1.29 is 22.8 Å². The number of rotatable bonds is 6. The van der Waals surface area contributed by atoms with Gasteiger partial charge < -0.3 is 10.6 Å². The van der Waals surface area contributed by atoms with E-state index in [0.717, 1.165) is 11.6 Å². The molecule has 0 fully saturated rings. The topological polar surface area (TPSA) is 58.2 Å². The molecule has 0 heterocycles. The first-order valence-electron chi connectivity index (χ1n) is 8.10. The van der Waals surface area contributed by atoms with Crippen molar-refractivity contribution >= 4 is 29.1 Å². The maximum atomic E-state index is 13.7. The molecule has 2 aromatic carbocycles. The van der Waals surface area contributed by atoms with E-state index in [1.807, 2.05) is 6.07 Å². The van der Waals surface area contributed by atoms with E-state index >= 15 is 0 Å². The van der Waals surface area contributed by atoms with Gasteiger partial charge in [-0.15, -0.1) is 0 Å². The van der Waals surface area contributed by atoms with Crippen molar-refractivity contribution in [2.24, 2.45) is 5.41 Å². The largest absolute Gasteiger partial charge is 0.355 e. The Kier molecular flexibility index (Phi) is 6.49. The van der Waals surface area contributed by atoms with Gasteiger partial charge in [0.25, 0.3) is 0 Å². The van der Waals surface area contributed by atoms with Gasteiger partial charge in [-0.05, 0) is 50.1 Å². The highest BCUT2D eigenvalue weighted by Crippen LogP contribution is 2.23. The molecule has 0 atom stereocenters. The number of amides is 2. The Bertz CT molecular complexity index is 872. The summed E-state index contributed by atoms with van der Waals surface area (Å²) in [5.41, 5.74) is -1.20. The molecule has 2 aromatic rings. The van der Waals surface area contributed by atoms with Crippen LogP contribution in [0.15, 0.2) is 36.4 Å². The van der Waals surface area contributed by atoms with Gasteiger partial charge in [0.15, 0.2) is 17.5 Å². The van der Waals surface area contributed by atoms with Crippen LogP contribution in [0.2, 0.25) is 5.02 Å². The van der Waals surface area contributed by atoms with Crippen LogP contribution in [0.3, 0.4) is 0 Å². The first-order valence-corrected chi connectivity index (χ1v) is 8.48. The van der Waals surface area contributed by atoms with Crippen LogP contribution in [0.25, 0.3) is 0 Å². The van der Waals surface area contributed by atoms with E-state index in [1.54, 1.807) is 18.2 Å². The van der Waals surface area contributed by atoms with Crippen molar-refractivity contribution in [2.75, 3.05) is 11.9 Å². The Hall–Kier alpha value is -2.54.